The molecule has 0 amide bonds. The summed E-state index contributed by atoms with van der Waals surface area (Å²) in [4.78, 5) is 9.95. The predicted octanol–water partition coefficient (Wildman–Crippen LogP) is 0.815. The molecule has 0 aromatic carbocycles. The highest BCUT2D eigenvalue weighted by atomic mass is 19.3. The summed E-state index contributed by atoms with van der Waals surface area (Å²) in [6, 6.07) is 0. The molecule has 0 rings (SSSR count). The van der Waals surface area contributed by atoms with Gasteiger partial charge in [0.25, 0.3) is 0 Å². The largest absolute Gasteiger partial charge is 0.479 e. The molecule has 0 saturated heterocycles. The lowest BCUT2D eigenvalue weighted by Crippen LogP contribution is -2.43. The van der Waals surface area contributed by atoms with Crippen LogP contribution in [-0.2, 0) is 4.79 Å². The van der Waals surface area contributed by atoms with Crippen LogP contribution in [0.3, 0.4) is 0 Å². The van der Waals surface area contributed by atoms with Gasteiger partial charge in [-0.05, 0) is 6.92 Å². The fourth-order valence-electron chi connectivity index (χ4n) is 0.682. The molecule has 2 unspecified atom stereocenters. The van der Waals surface area contributed by atoms with Crippen LogP contribution >= 0.6 is 0 Å². The Bertz CT molecular complexity index is 169. The van der Waals surface area contributed by atoms with E-state index in [9.17, 15) is 18.0 Å². The first-order valence-corrected chi connectivity index (χ1v) is 3.15. The molecular weight excluding hydrogens is 177 g/mol. The second-order valence-corrected chi connectivity index (χ2v) is 2.65. The number of alkyl halides is 3. The molecule has 2 N–H and O–H groups in total. The first-order chi connectivity index (χ1) is 5.27. The third kappa shape index (κ3) is 3.08. The van der Waals surface area contributed by atoms with Gasteiger partial charge in [-0.1, -0.05) is 0 Å². The molecule has 0 aliphatic heterocycles. The summed E-state index contributed by atoms with van der Waals surface area (Å²) in [6.07, 6.45) is -6.82. The van der Waals surface area contributed by atoms with Crippen LogP contribution in [0.25, 0.3) is 0 Å². The highest BCUT2D eigenvalue weighted by Crippen LogP contribution is 2.22. The van der Waals surface area contributed by atoms with Crippen LogP contribution in [-0.4, -0.2) is 34.4 Å². The van der Waals surface area contributed by atoms with Crippen molar-refractivity contribution in [3.05, 3.63) is 0 Å². The molecule has 6 heteroatoms. The number of rotatable bonds is 4. The summed E-state index contributed by atoms with van der Waals surface area (Å²) in [6.45, 7) is 0.720. The van der Waals surface area contributed by atoms with E-state index in [2.05, 4.69) is 0 Å². The average molecular weight is 186 g/mol. The third-order valence-corrected chi connectivity index (χ3v) is 1.33. The molecule has 0 heterocycles. The van der Waals surface area contributed by atoms with Crippen molar-refractivity contribution in [2.75, 3.05) is 0 Å². The van der Waals surface area contributed by atoms with Gasteiger partial charge in [0.15, 0.2) is 0 Å². The van der Waals surface area contributed by atoms with E-state index in [1.807, 2.05) is 0 Å². The second kappa shape index (κ2) is 3.75. The van der Waals surface area contributed by atoms with Gasteiger partial charge in [-0.25, -0.2) is 18.0 Å². The minimum atomic E-state index is -2.93. The van der Waals surface area contributed by atoms with E-state index < -0.39 is 30.6 Å². The fraction of sp³-hybridized carbons (Fsp3) is 0.833. The Balaban J connectivity index is 4.28. The standard InChI is InChI=1S/C6H9F3O3/c1-6(12,2-3(7)8)4(9)5(10)11/h3-4,12H,2H2,1H3,(H,10,11). The van der Waals surface area contributed by atoms with E-state index >= 15 is 0 Å². The molecule has 0 saturated carbocycles. The molecule has 2 atom stereocenters. The van der Waals surface area contributed by atoms with Crippen LogP contribution in [0.4, 0.5) is 13.2 Å². The number of halogens is 3. The summed E-state index contributed by atoms with van der Waals surface area (Å²) in [5.74, 6) is -1.94. The summed E-state index contributed by atoms with van der Waals surface area (Å²) < 4.78 is 35.7. The molecular formula is C6H9F3O3. The minimum Gasteiger partial charge on any atom is -0.479 e. The predicted molar refractivity (Wildman–Crippen MR) is 33.8 cm³/mol. The average Bonchev–Trinajstić information content (AvgIpc) is 1.82. The van der Waals surface area contributed by atoms with Crippen LogP contribution < -0.4 is 0 Å². The van der Waals surface area contributed by atoms with Crippen molar-refractivity contribution in [1.82, 2.24) is 0 Å². The van der Waals surface area contributed by atoms with Gasteiger partial charge >= 0.3 is 5.97 Å². The van der Waals surface area contributed by atoms with Crippen molar-refractivity contribution in [2.24, 2.45) is 0 Å². The number of carboxylic acids is 1. The molecule has 12 heavy (non-hydrogen) atoms. The Morgan fingerprint density at radius 3 is 2.17 bits per heavy atom. The van der Waals surface area contributed by atoms with Crippen molar-refractivity contribution < 1.29 is 28.2 Å². The molecule has 3 nitrogen and oxygen atoms in total. The molecule has 0 aromatic rings. The van der Waals surface area contributed by atoms with E-state index in [0.717, 1.165) is 6.92 Å². The maximum absolute atomic E-state index is 12.5. The number of hydrogen-bond donors (Lipinski definition) is 2. The highest BCUT2D eigenvalue weighted by molar-refractivity contribution is 5.73. The van der Waals surface area contributed by atoms with Crippen LogP contribution in [0.15, 0.2) is 0 Å². The molecule has 72 valence electrons. The van der Waals surface area contributed by atoms with Gasteiger partial charge in [0.05, 0.1) is 0 Å². The summed E-state index contributed by atoms with van der Waals surface area (Å²) >= 11 is 0. The Labute approximate surface area is 66.8 Å². The van der Waals surface area contributed by atoms with Gasteiger partial charge in [0, 0.05) is 6.42 Å². The quantitative estimate of drug-likeness (QED) is 0.683. The zero-order chi connectivity index (χ0) is 9.94. The zero-order valence-corrected chi connectivity index (χ0v) is 6.30. The highest BCUT2D eigenvalue weighted by Gasteiger charge is 2.40. The minimum absolute atomic E-state index is 0.720. The van der Waals surface area contributed by atoms with Gasteiger partial charge in [-0.15, -0.1) is 0 Å². The van der Waals surface area contributed by atoms with Gasteiger partial charge in [0.2, 0.25) is 12.6 Å². The van der Waals surface area contributed by atoms with Crippen molar-refractivity contribution in [2.45, 2.75) is 31.5 Å². The topological polar surface area (TPSA) is 57.5 Å². The lowest BCUT2D eigenvalue weighted by Gasteiger charge is -2.23. The Kier molecular flexibility index (Phi) is 3.51. The molecule has 0 aliphatic carbocycles. The number of aliphatic carboxylic acids is 1. The monoisotopic (exact) mass is 186 g/mol. The third-order valence-electron chi connectivity index (χ3n) is 1.33. The van der Waals surface area contributed by atoms with Gasteiger partial charge < -0.3 is 10.2 Å². The van der Waals surface area contributed by atoms with Gasteiger partial charge in [-0.3, -0.25) is 0 Å². The normalized spacial score (nSPS) is 18.8. The number of aliphatic hydroxyl groups is 1. The zero-order valence-electron chi connectivity index (χ0n) is 6.30. The fourth-order valence-corrected chi connectivity index (χ4v) is 0.682. The van der Waals surface area contributed by atoms with Gasteiger partial charge in [0.1, 0.15) is 5.60 Å². The Morgan fingerprint density at radius 1 is 1.50 bits per heavy atom. The Hall–Kier alpha value is -0.780. The van der Waals surface area contributed by atoms with E-state index in [4.69, 9.17) is 10.2 Å². The first-order valence-electron chi connectivity index (χ1n) is 3.15. The second-order valence-electron chi connectivity index (χ2n) is 2.65. The van der Waals surface area contributed by atoms with Crippen LogP contribution in [0, 0.1) is 0 Å². The number of hydrogen-bond acceptors (Lipinski definition) is 2. The molecule has 0 bridgehead atoms. The lowest BCUT2D eigenvalue weighted by atomic mass is 9.97. The number of carboxylic acid groups (broad SMARTS) is 1. The van der Waals surface area contributed by atoms with Crippen LogP contribution in [0.5, 0.6) is 0 Å². The van der Waals surface area contributed by atoms with Gasteiger partial charge in [-0.2, -0.15) is 0 Å². The first kappa shape index (κ1) is 11.2. The SMILES string of the molecule is CC(O)(CC(F)F)C(F)C(=O)O. The summed E-state index contributed by atoms with van der Waals surface area (Å²) in [7, 11) is 0. The van der Waals surface area contributed by atoms with Crippen molar-refractivity contribution in [3.8, 4) is 0 Å². The molecule has 0 fully saturated rings. The van der Waals surface area contributed by atoms with E-state index in [0.29, 0.717) is 0 Å². The summed E-state index contributed by atoms with van der Waals surface area (Å²) in [5.41, 5.74) is -2.51. The van der Waals surface area contributed by atoms with E-state index in [-0.39, 0.29) is 0 Å². The number of carbonyl (C=O) groups is 1. The summed E-state index contributed by atoms with van der Waals surface area (Å²) in [5, 5.41) is 16.9. The maximum atomic E-state index is 12.5. The maximum Gasteiger partial charge on any atom is 0.341 e. The molecule has 0 spiro atoms. The lowest BCUT2D eigenvalue weighted by molar-refractivity contribution is -0.155. The van der Waals surface area contributed by atoms with Crippen LogP contribution in [0.1, 0.15) is 13.3 Å². The molecule has 0 aliphatic rings. The van der Waals surface area contributed by atoms with Crippen molar-refractivity contribution >= 4 is 5.97 Å². The molecule has 0 aromatic heterocycles. The van der Waals surface area contributed by atoms with Crippen LogP contribution in [0.2, 0.25) is 0 Å². The Morgan fingerprint density at radius 2 is 1.92 bits per heavy atom. The van der Waals surface area contributed by atoms with Crippen molar-refractivity contribution in [3.63, 3.8) is 0 Å². The van der Waals surface area contributed by atoms with E-state index in [1.165, 1.54) is 0 Å². The smallest absolute Gasteiger partial charge is 0.341 e. The van der Waals surface area contributed by atoms with E-state index in [1.54, 1.807) is 0 Å². The molecule has 0 radical (unpaired) electrons. The van der Waals surface area contributed by atoms with Crippen molar-refractivity contribution in [1.29, 1.82) is 0 Å².